The first-order valence-electron chi connectivity index (χ1n) is 6.20. The van der Waals surface area contributed by atoms with Crippen molar-refractivity contribution < 1.29 is 14.3 Å². The minimum atomic E-state index is -0.962. The molecule has 1 N–H and O–H groups in total. The Balaban J connectivity index is 1.92. The van der Waals surface area contributed by atoms with Crippen molar-refractivity contribution >= 4 is 39.8 Å². The van der Waals surface area contributed by atoms with Gasteiger partial charge < -0.3 is 9.52 Å². The zero-order chi connectivity index (χ0) is 14.8. The molecule has 0 aliphatic rings. The highest BCUT2D eigenvalue weighted by Gasteiger charge is 2.09. The van der Waals surface area contributed by atoms with E-state index in [0.29, 0.717) is 16.5 Å². The largest absolute Gasteiger partial charge is 0.478 e. The van der Waals surface area contributed by atoms with Crippen molar-refractivity contribution in [2.45, 2.75) is 0 Å². The van der Waals surface area contributed by atoms with Crippen molar-refractivity contribution in [1.82, 2.24) is 4.98 Å². The highest BCUT2D eigenvalue weighted by Crippen LogP contribution is 2.25. The second kappa shape index (κ2) is 5.42. The molecule has 1 aromatic heterocycles. The van der Waals surface area contributed by atoms with Gasteiger partial charge in [-0.1, -0.05) is 35.9 Å². The fraction of sp³-hybridized carbons (Fsp3) is 0. The summed E-state index contributed by atoms with van der Waals surface area (Å²) in [5, 5.41) is 9.21. The summed E-state index contributed by atoms with van der Waals surface area (Å²) < 4.78 is 5.56. The quantitative estimate of drug-likeness (QED) is 0.784. The fourth-order valence-corrected chi connectivity index (χ4v) is 2.11. The third kappa shape index (κ3) is 2.80. The first kappa shape index (κ1) is 13.4. The lowest BCUT2D eigenvalue weighted by molar-refractivity contribution is 0.0697. The summed E-state index contributed by atoms with van der Waals surface area (Å²) in [7, 11) is 0. The number of carbonyl (C=O) groups is 1. The summed E-state index contributed by atoms with van der Waals surface area (Å²) in [5.74, 6) is -0.629. The Morgan fingerprint density at radius 1 is 1.14 bits per heavy atom. The number of aromatic carboxylic acids is 1. The topological polar surface area (TPSA) is 63.3 Å². The Morgan fingerprint density at radius 3 is 2.52 bits per heavy atom. The SMILES string of the molecule is O=C(O)c1ccc(C=C(Cl)c2nc3ccccc3o2)cc1. The first-order valence-corrected chi connectivity index (χ1v) is 6.58. The van der Waals surface area contributed by atoms with Crippen LogP contribution in [0.3, 0.4) is 0 Å². The number of nitrogens with zero attached hydrogens (tertiary/aromatic N) is 1. The van der Waals surface area contributed by atoms with Crippen LogP contribution in [-0.4, -0.2) is 16.1 Å². The van der Waals surface area contributed by atoms with Crippen molar-refractivity contribution in [2.24, 2.45) is 0 Å². The molecule has 104 valence electrons. The maximum atomic E-state index is 10.8. The van der Waals surface area contributed by atoms with Crippen LogP contribution in [-0.2, 0) is 0 Å². The maximum Gasteiger partial charge on any atom is 0.335 e. The Labute approximate surface area is 125 Å². The van der Waals surface area contributed by atoms with Crippen molar-refractivity contribution in [1.29, 1.82) is 0 Å². The van der Waals surface area contributed by atoms with Gasteiger partial charge in [0.05, 0.1) is 5.56 Å². The number of para-hydroxylation sites is 2. The van der Waals surface area contributed by atoms with Crippen LogP contribution in [0.25, 0.3) is 22.2 Å². The number of benzene rings is 2. The second-order valence-corrected chi connectivity index (χ2v) is 4.81. The highest BCUT2D eigenvalue weighted by atomic mass is 35.5. The van der Waals surface area contributed by atoms with Crippen LogP contribution in [0.5, 0.6) is 0 Å². The second-order valence-electron chi connectivity index (χ2n) is 4.41. The van der Waals surface area contributed by atoms with Crippen LogP contribution in [0.2, 0.25) is 0 Å². The molecule has 0 saturated carbocycles. The standard InChI is InChI=1S/C16H10ClNO3/c17-12(9-10-5-7-11(8-6-10)16(19)20)15-18-13-3-1-2-4-14(13)21-15/h1-9H,(H,19,20). The average Bonchev–Trinajstić information content (AvgIpc) is 2.92. The minimum Gasteiger partial charge on any atom is -0.478 e. The lowest BCUT2D eigenvalue weighted by Crippen LogP contribution is -1.94. The van der Waals surface area contributed by atoms with Crippen LogP contribution < -0.4 is 0 Å². The van der Waals surface area contributed by atoms with E-state index in [4.69, 9.17) is 21.1 Å². The number of rotatable bonds is 3. The first-order chi connectivity index (χ1) is 10.1. The molecule has 21 heavy (non-hydrogen) atoms. The Morgan fingerprint density at radius 2 is 1.86 bits per heavy atom. The van der Waals surface area contributed by atoms with Crippen LogP contribution in [0, 0.1) is 0 Å². The molecule has 0 atom stereocenters. The minimum absolute atomic E-state index is 0.227. The predicted molar refractivity (Wildman–Crippen MR) is 81.1 cm³/mol. The van der Waals surface area contributed by atoms with E-state index < -0.39 is 5.97 Å². The third-order valence-electron chi connectivity index (χ3n) is 2.95. The van der Waals surface area contributed by atoms with Gasteiger partial charge in [-0.05, 0) is 35.9 Å². The summed E-state index contributed by atoms with van der Waals surface area (Å²) in [5.41, 5.74) is 2.40. The summed E-state index contributed by atoms with van der Waals surface area (Å²) >= 11 is 6.20. The van der Waals surface area contributed by atoms with Gasteiger partial charge in [-0.2, -0.15) is 0 Å². The fourth-order valence-electron chi connectivity index (χ4n) is 1.90. The van der Waals surface area contributed by atoms with Gasteiger partial charge in [0.2, 0.25) is 5.89 Å². The van der Waals surface area contributed by atoms with Crippen LogP contribution in [0.15, 0.2) is 52.9 Å². The van der Waals surface area contributed by atoms with Gasteiger partial charge in [0, 0.05) is 0 Å². The number of hydrogen-bond donors (Lipinski definition) is 1. The third-order valence-corrected chi connectivity index (χ3v) is 3.22. The van der Waals surface area contributed by atoms with Crippen molar-refractivity contribution in [2.75, 3.05) is 0 Å². The molecule has 0 aliphatic heterocycles. The molecule has 0 spiro atoms. The van der Waals surface area contributed by atoms with Crippen LogP contribution >= 0.6 is 11.6 Å². The summed E-state index contributed by atoms with van der Waals surface area (Å²) in [6, 6.07) is 13.8. The molecule has 5 heteroatoms. The monoisotopic (exact) mass is 299 g/mol. The summed E-state index contributed by atoms with van der Waals surface area (Å²) in [4.78, 5) is 15.1. The molecule has 4 nitrogen and oxygen atoms in total. The van der Waals surface area contributed by atoms with Gasteiger partial charge in [0.15, 0.2) is 5.58 Å². The maximum absolute atomic E-state index is 10.8. The summed E-state index contributed by atoms with van der Waals surface area (Å²) in [6.07, 6.45) is 1.68. The number of fused-ring (bicyclic) bond motifs is 1. The van der Waals surface area contributed by atoms with E-state index in [2.05, 4.69) is 4.98 Å². The molecular formula is C16H10ClNO3. The number of carboxylic acids is 1. The van der Waals surface area contributed by atoms with E-state index in [1.54, 1.807) is 18.2 Å². The Hall–Kier alpha value is -2.59. The van der Waals surface area contributed by atoms with Crippen molar-refractivity contribution in [3.05, 3.63) is 65.5 Å². The van der Waals surface area contributed by atoms with E-state index >= 15 is 0 Å². The predicted octanol–water partition coefficient (Wildman–Crippen LogP) is 4.26. The Bertz CT molecular complexity index is 801. The van der Waals surface area contributed by atoms with Gasteiger partial charge in [-0.25, -0.2) is 9.78 Å². The smallest absolute Gasteiger partial charge is 0.335 e. The molecule has 3 aromatic rings. The average molecular weight is 300 g/mol. The van der Waals surface area contributed by atoms with Gasteiger partial charge >= 0.3 is 5.97 Å². The molecule has 0 aliphatic carbocycles. The highest BCUT2D eigenvalue weighted by molar-refractivity contribution is 6.50. The zero-order valence-corrected chi connectivity index (χ0v) is 11.5. The number of hydrogen-bond acceptors (Lipinski definition) is 3. The van der Waals surface area contributed by atoms with Gasteiger partial charge in [0.1, 0.15) is 10.5 Å². The molecule has 2 aromatic carbocycles. The van der Waals surface area contributed by atoms with Crippen molar-refractivity contribution in [3.63, 3.8) is 0 Å². The zero-order valence-electron chi connectivity index (χ0n) is 10.8. The molecule has 3 rings (SSSR count). The van der Waals surface area contributed by atoms with E-state index in [0.717, 1.165) is 11.1 Å². The molecule has 0 bridgehead atoms. The van der Waals surface area contributed by atoms with E-state index in [1.165, 1.54) is 12.1 Å². The van der Waals surface area contributed by atoms with Gasteiger partial charge in [0.25, 0.3) is 0 Å². The molecule has 0 radical (unpaired) electrons. The molecular weight excluding hydrogens is 290 g/mol. The number of oxazole rings is 1. The summed E-state index contributed by atoms with van der Waals surface area (Å²) in [6.45, 7) is 0. The normalized spacial score (nSPS) is 11.8. The van der Waals surface area contributed by atoms with Gasteiger partial charge in [-0.3, -0.25) is 0 Å². The lowest BCUT2D eigenvalue weighted by atomic mass is 10.1. The van der Waals surface area contributed by atoms with E-state index in [-0.39, 0.29) is 5.56 Å². The van der Waals surface area contributed by atoms with E-state index in [9.17, 15) is 4.79 Å². The number of halogens is 1. The lowest BCUT2D eigenvalue weighted by Gasteiger charge is -1.97. The van der Waals surface area contributed by atoms with E-state index in [1.807, 2.05) is 24.3 Å². The molecule has 0 amide bonds. The van der Waals surface area contributed by atoms with Crippen molar-refractivity contribution in [3.8, 4) is 0 Å². The van der Waals surface area contributed by atoms with Crippen LogP contribution in [0.1, 0.15) is 21.8 Å². The van der Waals surface area contributed by atoms with Crippen LogP contribution in [0.4, 0.5) is 0 Å². The molecule has 0 saturated heterocycles. The Kier molecular flexibility index (Phi) is 3.46. The molecule has 0 unspecified atom stereocenters. The molecule has 0 fully saturated rings. The molecule has 1 heterocycles. The van der Waals surface area contributed by atoms with Gasteiger partial charge in [-0.15, -0.1) is 0 Å². The number of carboxylic acid groups (broad SMARTS) is 1. The number of aromatic nitrogens is 1.